The fraction of sp³-hybridized carbons (Fsp3) is 0.333. The number of alkyl halides is 3. The Bertz CT molecular complexity index is 763. The third-order valence-electron chi connectivity index (χ3n) is 2.85. The first-order chi connectivity index (χ1) is 10.7. The number of rotatable bonds is 4. The summed E-state index contributed by atoms with van der Waals surface area (Å²) in [4.78, 5) is 12.2. The van der Waals surface area contributed by atoms with Crippen molar-refractivity contribution in [3.05, 3.63) is 43.5 Å². The largest absolute Gasteiger partial charge is 0.451 e. The number of hydrogen-bond acceptors (Lipinski definition) is 3. The topological polar surface area (TPSA) is 49.0 Å². The minimum absolute atomic E-state index is 0.0129. The molecule has 1 heterocycles. The van der Waals surface area contributed by atoms with Crippen LogP contribution in [0.4, 0.5) is 13.2 Å². The first-order valence-corrected chi connectivity index (χ1v) is 7.21. The van der Waals surface area contributed by atoms with Gasteiger partial charge in [0, 0.05) is 7.11 Å². The number of nitrogens with zero attached hydrogens (tertiary/aromatic N) is 3. The molecule has 0 bridgehead atoms. The summed E-state index contributed by atoms with van der Waals surface area (Å²) in [6.45, 7) is -0.393. The van der Waals surface area contributed by atoms with Crippen LogP contribution in [0, 0.1) is 0 Å². The van der Waals surface area contributed by atoms with Gasteiger partial charge >= 0.3 is 11.9 Å². The zero-order valence-corrected chi connectivity index (χ0v) is 13.8. The second-order valence-corrected chi connectivity index (χ2v) is 5.58. The van der Waals surface area contributed by atoms with Crippen molar-refractivity contribution in [2.45, 2.75) is 12.7 Å². The standard InChI is InChI=1S/C12H9Cl3F3N3O2/c1-23-3-2-20-10(12(16,17)18)19-21(11(20)22)6-4-7(13)9(15)8(14)5-6/h4-5H,2-3H2,1H3. The van der Waals surface area contributed by atoms with Crippen molar-refractivity contribution in [2.24, 2.45) is 0 Å². The minimum atomic E-state index is -4.81. The molecule has 1 aromatic carbocycles. The molecule has 0 N–H and O–H groups in total. The molecule has 5 nitrogen and oxygen atoms in total. The van der Waals surface area contributed by atoms with Crippen LogP contribution in [0.1, 0.15) is 5.82 Å². The van der Waals surface area contributed by atoms with Gasteiger partial charge in [0.25, 0.3) is 0 Å². The van der Waals surface area contributed by atoms with E-state index in [1.807, 2.05) is 0 Å². The van der Waals surface area contributed by atoms with Crippen LogP contribution < -0.4 is 5.69 Å². The van der Waals surface area contributed by atoms with Crippen molar-refractivity contribution < 1.29 is 17.9 Å². The second kappa shape index (κ2) is 6.72. The number of benzene rings is 1. The third-order valence-corrected chi connectivity index (χ3v) is 4.05. The average molecular weight is 391 g/mol. The molecular formula is C12H9Cl3F3N3O2. The molecule has 23 heavy (non-hydrogen) atoms. The van der Waals surface area contributed by atoms with Crippen molar-refractivity contribution >= 4 is 34.8 Å². The summed E-state index contributed by atoms with van der Waals surface area (Å²) < 4.78 is 44.9. The van der Waals surface area contributed by atoms with Gasteiger partial charge in [0.2, 0.25) is 5.82 Å². The molecule has 0 unspecified atom stereocenters. The van der Waals surface area contributed by atoms with E-state index in [2.05, 4.69) is 5.10 Å². The Morgan fingerprint density at radius 1 is 1.22 bits per heavy atom. The van der Waals surface area contributed by atoms with E-state index < -0.39 is 17.7 Å². The number of ether oxygens (including phenoxy) is 1. The molecule has 11 heteroatoms. The number of halogens is 6. The van der Waals surface area contributed by atoms with E-state index in [0.29, 0.717) is 9.25 Å². The monoisotopic (exact) mass is 389 g/mol. The second-order valence-electron chi connectivity index (χ2n) is 4.38. The lowest BCUT2D eigenvalue weighted by atomic mass is 10.3. The normalized spacial score (nSPS) is 12.0. The maximum absolute atomic E-state index is 13.1. The van der Waals surface area contributed by atoms with Gasteiger partial charge in [0.05, 0.1) is 33.9 Å². The van der Waals surface area contributed by atoms with Crippen molar-refractivity contribution in [3.8, 4) is 5.69 Å². The summed E-state index contributed by atoms with van der Waals surface area (Å²) in [7, 11) is 1.31. The molecule has 0 fully saturated rings. The summed E-state index contributed by atoms with van der Waals surface area (Å²) in [5.74, 6) is -1.35. The highest BCUT2D eigenvalue weighted by Gasteiger charge is 2.39. The van der Waals surface area contributed by atoms with Crippen LogP contribution in [0.15, 0.2) is 16.9 Å². The summed E-state index contributed by atoms with van der Waals surface area (Å²) >= 11 is 17.4. The fourth-order valence-corrected chi connectivity index (χ4v) is 2.41. The Morgan fingerprint density at radius 2 is 1.78 bits per heavy atom. The van der Waals surface area contributed by atoms with Crippen LogP contribution in [0.2, 0.25) is 15.1 Å². The summed E-state index contributed by atoms with van der Waals surface area (Å²) in [5.41, 5.74) is -1.03. The van der Waals surface area contributed by atoms with Crippen molar-refractivity contribution in [3.63, 3.8) is 0 Å². The molecule has 0 saturated carbocycles. The zero-order valence-electron chi connectivity index (χ0n) is 11.5. The van der Waals surface area contributed by atoms with Gasteiger partial charge in [-0.15, -0.1) is 5.10 Å². The van der Waals surface area contributed by atoms with E-state index >= 15 is 0 Å². The quantitative estimate of drug-likeness (QED) is 0.749. The molecular weight excluding hydrogens is 382 g/mol. The first-order valence-electron chi connectivity index (χ1n) is 6.07. The maximum atomic E-state index is 13.1. The van der Waals surface area contributed by atoms with Gasteiger partial charge in [-0.3, -0.25) is 4.57 Å². The molecule has 0 aliphatic carbocycles. The fourth-order valence-electron chi connectivity index (χ4n) is 1.82. The Kier molecular flexibility index (Phi) is 5.30. The highest BCUT2D eigenvalue weighted by molar-refractivity contribution is 6.48. The van der Waals surface area contributed by atoms with E-state index in [0.717, 1.165) is 0 Å². The van der Waals surface area contributed by atoms with Gasteiger partial charge in [-0.25, -0.2) is 4.79 Å². The van der Waals surface area contributed by atoms with Gasteiger partial charge in [-0.05, 0) is 12.1 Å². The van der Waals surface area contributed by atoms with Crippen molar-refractivity contribution in [2.75, 3.05) is 13.7 Å². The summed E-state index contributed by atoms with van der Waals surface area (Å²) in [6.07, 6.45) is -4.81. The average Bonchev–Trinajstić information content (AvgIpc) is 2.79. The highest BCUT2D eigenvalue weighted by atomic mass is 35.5. The highest BCUT2D eigenvalue weighted by Crippen LogP contribution is 2.32. The first kappa shape index (κ1) is 18.1. The van der Waals surface area contributed by atoms with E-state index in [1.54, 1.807) is 0 Å². The molecule has 0 amide bonds. The zero-order chi connectivity index (χ0) is 17.4. The summed E-state index contributed by atoms with van der Waals surface area (Å²) in [5, 5.41) is 3.34. The smallest absolute Gasteiger partial charge is 0.383 e. The van der Waals surface area contributed by atoms with E-state index in [4.69, 9.17) is 39.5 Å². The van der Waals surface area contributed by atoms with Crippen LogP contribution in [0.25, 0.3) is 5.69 Å². The van der Waals surface area contributed by atoms with Gasteiger partial charge < -0.3 is 4.74 Å². The summed E-state index contributed by atoms with van der Waals surface area (Å²) in [6, 6.07) is 2.40. The number of methoxy groups -OCH3 is 1. The van der Waals surface area contributed by atoms with Crippen molar-refractivity contribution in [1.29, 1.82) is 0 Å². The number of hydrogen-bond donors (Lipinski definition) is 0. The van der Waals surface area contributed by atoms with E-state index in [1.165, 1.54) is 19.2 Å². The van der Waals surface area contributed by atoms with Crippen molar-refractivity contribution in [1.82, 2.24) is 14.3 Å². The number of aromatic nitrogens is 3. The molecule has 0 saturated heterocycles. The van der Waals surface area contributed by atoms with Gasteiger partial charge in [-0.2, -0.15) is 17.9 Å². The van der Waals surface area contributed by atoms with Crippen LogP contribution in [-0.2, 0) is 17.5 Å². The molecule has 2 rings (SSSR count). The SMILES string of the molecule is COCCn1c(C(F)(F)F)nn(-c2cc(Cl)c(Cl)c(Cl)c2)c1=O. The van der Waals surface area contributed by atoms with E-state index in [-0.39, 0.29) is 33.9 Å². The third kappa shape index (κ3) is 3.65. The van der Waals surface area contributed by atoms with Crippen LogP contribution >= 0.6 is 34.8 Å². The van der Waals surface area contributed by atoms with Crippen LogP contribution in [0.3, 0.4) is 0 Å². The lowest BCUT2D eigenvalue weighted by molar-refractivity contribution is -0.148. The lowest BCUT2D eigenvalue weighted by Gasteiger charge is -2.06. The molecule has 0 aliphatic rings. The molecule has 0 radical (unpaired) electrons. The molecule has 1 aromatic heterocycles. The molecule has 2 aromatic rings. The minimum Gasteiger partial charge on any atom is -0.383 e. The molecule has 126 valence electrons. The Balaban J connectivity index is 2.65. The molecule has 0 aliphatic heterocycles. The molecule has 0 spiro atoms. The Hall–Kier alpha value is -1.22. The maximum Gasteiger partial charge on any atom is 0.451 e. The molecule has 0 atom stereocenters. The van der Waals surface area contributed by atoms with Gasteiger partial charge in [0.1, 0.15) is 0 Å². The van der Waals surface area contributed by atoms with Gasteiger partial charge in [0.15, 0.2) is 0 Å². The lowest BCUT2D eigenvalue weighted by Crippen LogP contribution is -2.27. The van der Waals surface area contributed by atoms with Crippen LogP contribution in [0.5, 0.6) is 0 Å². The predicted octanol–water partition coefficient (Wildman–Crippen LogP) is 3.66. The Labute approximate surface area is 143 Å². The Morgan fingerprint density at radius 3 is 2.26 bits per heavy atom. The van der Waals surface area contributed by atoms with Crippen LogP contribution in [-0.4, -0.2) is 28.1 Å². The van der Waals surface area contributed by atoms with Gasteiger partial charge in [-0.1, -0.05) is 34.8 Å². The van der Waals surface area contributed by atoms with E-state index in [9.17, 15) is 18.0 Å². The predicted molar refractivity (Wildman–Crippen MR) is 79.7 cm³/mol.